The molecule has 15 heavy (non-hydrogen) atoms. The van der Waals surface area contributed by atoms with Crippen LogP contribution in [-0.4, -0.2) is 17.8 Å². The summed E-state index contributed by atoms with van der Waals surface area (Å²) in [5, 5.41) is 4.11. The number of halogens is 1. The van der Waals surface area contributed by atoms with Crippen molar-refractivity contribution >= 4 is 21.8 Å². The lowest BCUT2D eigenvalue weighted by Crippen LogP contribution is -2.39. The number of carbonyl (C=O) groups excluding carboxylic acids is 1. The molecule has 1 N–H and O–H groups in total. The molecule has 1 unspecified atom stereocenters. The minimum absolute atomic E-state index is 0.152. The van der Waals surface area contributed by atoms with Crippen LogP contribution in [0.15, 0.2) is 0 Å². The van der Waals surface area contributed by atoms with Crippen molar-refractivity contribution in [3.05, 3.63) is 0 Å². The van der Waals surface area contributed by atoms with Crippen molar-refractivity contribution in [3.8, 4) is 0 Å². The van der Waals surface area contributed by atoms with Crippen LogP contribution in [0.25, 0.3) is 0 Å². The van der Waals surface area contributed by atoms with Gasteiger partial charge in [-0.15, -0.1) is 0 Å². The molecule has 2 nitrogen and oxygen atoms in total. The van der Waals surface area contributed by atoms with Crippen LogP contribution in [0.4, 0.5) is 0 Å². The third-order valence-electron chi connectivity index (χ3n) is 3.65. The van der Waals surface area contributed by atoms with Crippen LogP contribution in [0.1, 0.15) is 46.0 Å². The molecule has 1 atom stereocenters. The van der Waals surface area contributed by atoms with Crippen LogP contribution in [-0.2, 0) is 4.79 Å². The molecule has 1 rings (SSSR count). The second kappa shape index (κ2) is 5.88. The normalized spacial score (nSPS) is 21.3. The van der Waals surface area contributed by atoms with Crippen LogP contribution in [0, 0.1) is 11.3 Å². The van der Waals surface area contributed by atoms with Crippen molar-refractivity contribution in [2.45, 2.75) is 46.0 Å². The Morgan fingerprint density at radius 2 is 2.07 bits per heavy atom. The van der Waals surface area contributed by atoms with Gasteiger partial charge in [-0.1, -0.05) is 42.6 Å². The lowest BCUT2D eigenvalue weighted by atomic mass is 9.88. The first kappa shape index (κ1) is 13.0. The molecule has 0 saturated heterocycles. The molecule has 0 radical (unpaired) electrons. The second-order valence-corrected chi connectivity index (χ2v) is 5.43. The fourth-order valence-corrected chi connectivity index (χ4v) is 2.88. The summed E-state index contributed by atoms with van der Waals surface area (Å²) >= 11 is 3.59. The van der Waals surface area contributed by atoms with Gasteiger partial charge in [0.15, 0.2) is 0 Å². The number of alkyl halides is 1. The predicted octanol–water partition coefficient (Wildman–Crippen LogP) is 3.10. The molecule has 3 heteroatoms. The highest BCUT2D eigenvalue weighted by molar-refractivity contribution is 9.09. The Kier molecular flexibility index (Phi) is 5.10. The van der Waals surface area contributed by atoms with Gasteiger partial charge in [0, 0.05) is 17.8 Å². The van der Waals surface area contributed by atoms with E-state index in [0.717, 1.165) is 18.3 Å². The van der Waals surface area contributed by atoms with Crippen LogP contribution in [0.2, 0.25) is 0 Å². The zero-order valence-electron chi connectivity index (χ0n) is 9.81. The number of hydrogen-bond acceptors (Lipinski definition) is 1. The highest BCUT2D eigenvalue weighted by Gasteiger charge is 2.33. The first-order valence-electron chi connectivity index (χ1n) is 5.97. The monoisotopic (exact) mass is 275 g/mol. The molecule has 0 bridgehead atoms. The lowest BCUT2D eigenvalue weighted by molar-refractivity contribution is -0.125. The number of amides is 1. The van der Waals surface area contributed by atoms with E-state index in [1.807, 2.05) is 6.92 Å². The second-order valence-electron chi connectivity index (χ2n) is 4.87. The van der Waals surface area contributed by atoms with Crippen LogP contribution >= 0.6 is 15.9 Å². The molecule has 88 valence electrons. The Labute approximate surface area is 101 Å². The maximum absolute atomic E-state index is 11.7. The van der Waals surface area contributed by atoms with Crippen LogP contribution < -0.4 is 5.32 Å². The molecule has 1 aliphatic rings. The standard InChI is InChI=1S/C12H22BrNO/c1-3-10(2)11(15)14-9-12(8-13)6-4-5-7-12/h10H,3-9H2,1-2H3,(H,14,15). The molecule has 0 spiro atoms. The quantitative estimate of drug-likeness (QED) is 0.768. The van der Waals surface area contributed by atoms with E-state index in [1.165, 1.54) is 25.7 Å². The van der Waals surface area contributed by atoms with E-state index in [0.29, 0.717) is 5.41 Å². The third-order valence-corrected chi connectivity index (χ3v) is 4.83. The average Bonchev–Trinajstić information content (AvgIpc) is 2.74. The maximum atomic E-state index is 11.7. The Morgan fingerprint density at radius 1 is 1.47 bits per heavy atom. The van der Waals surface area contributed by atoms with Gasteiger partial charge in [0.1, 0.15) is 0 Å². The highest BCUT2D eigenvalue weighted by Crippen LogP contribution is 2.38. The summed E-state index contributed by atoms with van der Waals surface area (Å²) in [5.41, 5.74) is 0.336. The van der Waals surface area contributed by atoms with Gasteiger partial charge in [0.05, 0.1) is 0 Å². The fraction of sp³-hybridized carbons (Fsp3) is 0.917. The summed E-state index contributed by atoms with van der Waals surface area (Å²) in [6.45, 7) is 4.90. The summed E-state index contributed by atoms with van der Waals surface area (Å²) in [6.07, 6.45) is 6.04. The van der Waals surface area contributed by atoms with E-state index in [-0.39, 0.29) is 11.8 Å². The van der Waals surface area contributed by atoms with Gasteiger partial charge < -0.3 is 5.32 Å². The van der Waals surface area contributed by atoms with Crippen molar-refractivity contribution in [1.29, 1.82) is 0 Å². The number of rotatable bonds is 5. The molecule has 0 aromatic heterocycles. The molecular weight excluding hydrogens is 254 g/mol. The summed E-state index contributed by atoms with van der Waals surface area (Å²) in [6, 6.07) is 0. The van der Waals surface area contributed by atoms with Crippen molar-refractivity contribution < 1.29 is 4.79 Å². The Morgan fingerprint density at radius 3 is 2.53 bits per heavy atom. The van der Waals surface area contributed by atoms with Gasteiger partial charge in [-0.2, -0.15) is 0 Å². The molecule has 0 aromatic rings. The predicted molar refractivity (Wildman–Crippen MR) is 67.2 cm³/mol. The van der Waals surface area contributed by atoms with Crippen molar-refractivity contribution in [2.75, 3.05) is 11.9 Å². The van der Waals surface area contributed by atoms with Gasteiger partial charge in [-0.05, 0) is 24.7 Å². The van der Waals surface area contributed by atoms with Crippen molar-refractivity contribution in [3.63, 3.8) is 0 Å². The van der Waals surface area contributed by atoms with E-state index in [1.54, 1.807) is 0 Å². The van der Waals surface area contributed by atoms with E-state index in [9.17, 15) is 4.79 Å². The number of nitrogens with one attached hydrogen (secondary N) is 1. The smallest absolute Gasteiger partial charge is 0.222 e. The van der Waals surface area contributed by atoms with Crippen LogP contribution in [0.5, 0.6) is 0 Å². The van der Waals surface area contributed by atoms with Gasteiger partial charge in [-0.25, -0.2) is 0 Å². The zero-order valence-corrected chi connectivity index (χ0v) is 11.4. The largest absolute Gasteiger partial charge is 0.355 e. The minimum atomic E-state index is 0.152. The zero-order chi connectivity index (χ0) is 11.3. The minimum Gasteiger partial charge on any atom is -0.355 e. The summed E-state index contributed by atoms with van der Waals surface area (Å²) in [5.74, 6) is 0.364. The van der Waals surface area contributed by atoms with E-state index in [2.05, 4.69) is 28.2 Å². The fourth-order valence-electron chi connectivity index (χ4n) is 2.12. The van der Waals surface area contributed by atoms with Crippen molar-refractivity contribution in [2.24, 2.45) is 11.3 Å². The molecule has 0 aromatic carbocycles. The van der Waals surface area contributed by atoms with E-state index in [4.69, 9.17) is 0 Å². The Bertz CT molecular complexity index is 212. The number of hydrogen-bond donors (Lipinski definition) is 1. The highest BCUT2D eigenvalue weighted by atomic mass is 79.9. The Hall–Kier alpha value is -0.0500. The molecule has 1 saturated carbocycles. The number of carbonyl (C=O) groups is 1. The van der Waals surface area contributed by atoms with Gasteiger partial charge in [0.2, 0.25) is 5.91 Å². The topological polar surface area (TPSA) is 29.1 Å². The molecule has 1 fully saturated rings. The third kappa shape index (κ3) is 3.47. The molecule has 0 heterocycles. The van der Waals surface area contributed by atoms with E-state index >= 15 is 0 Å². The molecular formula is C12H22BrNO. The first-order chi connectivity index (χ1) is 7.13. The SMILES string of the molecule is CCC(C)C(=O)NCC1(CBr)CCCC1. The van der Waals surface area contributed by atoms with Crippen LogP contribution in [0.3, 0.4) is 0 Å². The summed E-state index contributed by atoms with van der Waals surface area (Å²) < 4.78 is 0. The maximum Gasteiger partial charge on any atom is 0.222 e. The lowest BCUT2D eigenvalue weighted by Gasteiger charge is -2.27. The molecule has 0 aliphatic heterocycles. The Balaban J connectivity index is 2.37. The summed E-state index contributed by atoms with van der Waals surface area (Å²) in [7, 11) is 0. The van der Waals surface area contributed by atoms with Gasteiger partial charge in [0.25, 0.3) is 0 Å². The molecule has 1 aliphatic carbocycles. The average molecular weight is 276 g/mol. The molecule has 1 amide bonds. The van der Waals surface area contributed by atoms with Crippen molar-refractivity contribution in [1.82, 2.24) is 5.32 Å². The van der Waals surface area contributed by atoms with E-state index < -0.39 is 0 Å². The van der Waals surface area contributed by atoms with Gasteiger partial charge in [-0.3, -0.25) is 4.79 Å². The van der Waals surface area contributed by atoms with Gasteiger partial charge >= 0.3 is 0 Å². The summed E-state index contributed by atoms with van der Waals surface area (Å²) in [4.78, 5) is 11.7. The first-order valence-corrected chi connectivity index (χ1v) is 7.09.